The maximum absolute atomic E-state index is 4.79. The maximum atomic E-state index is 4.79. The second kappa shape index (κ2) is 6.28. The quantitative estimate of drug-likeness (QED) is 0.0993. The van der Waals surface area contributed by atoms with E-state index in [0.29, 0.717) is 0 Å². The van der Waals surface area contributed by atoms with Crippen molar-refractivity contribution < 1.29 is 12.4 Å². The lowest BCUT2D eigenvalue weighted by molar-refractivity contribution is -0.00000185. The van der Waals surface area contributed by atoms with E-state index in [1.54, 1.807) is 0 Å². The number of hydrogen-bond donors (Lipinski definition) is 5. The Morgan fingerprint density at radius 2 is 1.62 bits per heavy atom. The molecule has 6 nitrogen and oxygen atoms in total. The summed E-state index contributed by atoms with van der Waals surface area (Å²) in [7, 11) is 0. The molecule has 8 N–H and O–H groups in total. The monoisotopic (exact) mass is 139 g/mol. The molecule has 0 heterocycles. The van der Waals surface area contributed by atoms with Gasteiger partial charge in [0.2, 0.25) is 5.96 Å². The van der Waals surface area contributed by atoms with E-state index >= 15 is 0 Å². The van der Waals surface area contributed by atoms with Crippen molar-refractivity contribution >= 4 is 5.96 Å². The van der Waals surface area contributed by atoms with Crippen molar-refractivity contribution in [3.8, 4) is 0 Å². The molecular formula is CH8ClN6-. The Morgan fingerprint density at radius 1 is 1.25 bits per heavy atom. The third-order valence-electron chi connectivity index (χ3n) is 0.403. The van der Waals surface area contributed by atoms with E-state index in [-0.39, 0.29) is 18.4 Å². The van der Waals surface area contributed by atoms with E-state index in [9.17, 15) is 0 Å². The van der Waals surface area contributed by atoms with Crippen molar-refractivity contribution in [1.29, 1.82) is 0 Å². The average Bonchev–Trinajstić information content (AvgIpc) is 1.72. The van der Waals surface area contributed by atoms with E-state index in [0.717, 1.165) is 0 Å². The molecule has 0 atom stereocenters. The molecule has 0 aromatic rings. The van der Waals surface area contributed by atoms with Crippen LogP contribution in [0.3, 0.4) is 0 Å². The molecule has 0 unspecified atom stereocenters. The zero-order chi connectivity index (χ0) is 5.70. The zero-order valence-electron chi connectivity index (χ0n) is 4.06. The van der Waals surface area contributed by atoms with E-state index in [1.807, 2.05) is 0 Å². The van der Waals surface area contributed by atoms with Crippen LogP contribution in [0.25, 0.3) is 0 Å². The van der Waals surface area contributed by atoms with Gasteiger partial charge in [-0.15, -0.1) is 5.10 Å². The minimum Gasteiger partial charge on any atom is -1.00 e. The summed E-state index contributed by atoms with van der Waals surface area (Å²) in [6.45, 7) is 0. The number of guanidine groups is 1. The highest BCUT2D eigenvalue weighted by atomic mass is 35.5. The fraction of sp³-hybridized carbons (Fsp3) is 0. The smallest absolute Gasteiger partial charge is 0.241 e. The van der Waals surface area contributed by atoms with Crippen LogP contribution < -0.4 is 40.8 Å². The van der Waals surface area contributed by atoms with Gasteiger partial charge in [-0.05, 0) is 0 Å². The van der Waals surface area contributed by atoms with Crippen molar-refractivity contribution in [3.05, 3.63) is 0 Å². The number of nitrogens with two attached hydrogens (primary N) is 3. The first-order chi connectivity index (χ1) is 3.35. The summed E-state index contributed by atoms with van der Waals surface area (Å²) in [4.78, 5) is 0. The van der Waals surface area contributed by atoms with Gasteiger partial charge in [0.15, 0.2) is 0 Å². The van der Waals surface area contributed by atoms with Crippen molar-refractivity contribution in [1.82, 2.24) is 10.9 Å². The first-order valence-corrected chi connectivity index (χ1v) is 1.56. The molecule has 8 heavy (non-hydrogen) atoms. The maximum Gasteiger partial charge on any atom is 0.241 e. The standard InChI is InChI=1S/CH8N6.ClH/c2-5-1(6-3)7-4;/h2-4H2,(H2,5,6,7);1H/p-1. The molecule has 0 aromatic heterocycles. The molecule has 0 spiro atoms. The highest BCUT2D eigenvalue weighted by molar-refractivity contribution is 5.77. The molecule has 0 rings (SSSR count). The van der Waals surface area contributed by atoms with E-state index in [2.05, 4.69) is 16.0 Å². The minimum atomic E-state index is 0. The van der Waals surface area contributed by atoms with Gasteiger partial charge in [-0.25, -0.2) is 11.7 Å². The van der Waals surface area contributed by atoms with Crippen LogP contribution in [0, 0.1) is 0 Å². The van der Waals surface area contributed by atoms with Gasteiger partial charge in [0.25, 0.3) is 0 Å². The number of hydrogen-bond acceptors (Lipinski definition) is 4. The number of nitrogens with zero attached hydrogens (tertiary/aromatic N) is 1. The number of nitrogens with one attached hydrogen (secondary N) is 2. The Morgan fingerprint density at radius 3 is 1.62 bits per heavy atom. The Bertz CT molecular complexity index is 62.9. The van der Waals surface area contributed by atoms with E-state index in [1.165, 1.54) is 0 Å². The van der Waals surface area contributed by atoms with Crippen molar-refractivity contribution in [2.45, 2.75) is 0 Å². The molecule has 0 amide bonds. The highest BCUT2D eigenvalue weighted by Gasteiger charge is 1.82. The summed E-state index contributed by atoms with van der Waals surface area (Å²) >= 11 is 0. The largest absolute Gasteiger partial charge is 1.00 e. The molecule has 0 saturated carbocycles. The molecule has 7 heteroatoms. The van der Waals surface area contributed by atoms with Gasteiger partial charge in [0.05, 0.1) is 0 Å². The molecule has 0 bridgehead atoms. The van der Waals surface area contributed by atoms with Gasteiger partial charge in [0, 0.05) is 0 Å². The van der Waals surface area contributed by atoms with Gasteiger partial charge >= 0.3 is 0 Å². The third kappa shape index (κ3) is 3.47. The van der Waals surface area contributed by atoms with Crippen LogP contribution in [-0.4, -0.2) is 5.96 Å². The lowest BCUT2D eigenvalue weighted by atomic mass is 11.1. The van der Waals surface area contributed by atoms with Gasteiger partial charge in [-0.3, -0.25) is 10.9 Å². The van der Waals surface area contributed by atoms with Crippen LogP contribution in [0.1, 0.15) is 0 Å². The van der Waals surface area contributed by atoms with Gasteiger partial charge < -0.3 is 18.2 Å². The highest BCUT2D eigenvalue weighted by Crippen LogP contribution is 1.45. The summed E-state index contributed by atoms with van der Waals surface area (Å²) in [6, 6.07) is 0. The Balaban J connectivity index is 0. The lowest BCUT2D eigenvalue weighted by Crippen LogP contribution is -3.00. The van der Waals surface area contributed by atoms with E-state index in [4.69, 9.17) is 17.5 Å². The van der Waals surface area contributed by atoms with Crippen molar-refractivity contribution in [3.63, 3.8) is 0 Å². The van der Waals surface area contributed by atoms with Crippen molar-refractivity contribution in [2.75, 3.05) is 0 Å². The van der Waals surface area contributed by atoms with Gasteiger partial charge in [0.1, 0.15) is 0 Å². The second-order valence-corrected chi connectivity index (χ2v) is 0.766. The minimum absolute atomic E-state index is 0. The molecule has 0 aromatic carbocycles. The van der Waals surface area contributed by atoms with Gasteiger partial charge in [-0.2, -0.15) is 0 Å². The number of rotatable bonds is 0. The summed E-state index contributed by atoms with van der Waals surface area (Å²) in [5, 5.41) is 3.07. The Kier molecular flexibility index (Phi) is 8.08. The van der Waals surface area contributed by atoms with Crippen LogP contribution in [0.5, 0.6) is 0 Å². The first kappa shape index (κ1) is 10.3. The third-order valence-corrected chi connectivity index (χ3v) is 0.403. The topological polar surface area (TPSA) is 114 Å². The molecule has 0 fully saturated rings. The number of hydrazone groups is 1. The van der Waals surface area contributed by atoms with Crippen LogP contribution in [0.15, 0.2) is 5.10 Å². The molecule has 0 saturated heterocycles. The van der Waals surface area contributed by atoms with Crippen LogP contribution in [-0.2, 0) is 0 Å². The van der Waals surface area contributed by atoms with Crippen LogP contribution in [0.4, 0.5) is 0 Å². The van der Waals surface area contributed by atoms with Crippen molar-refractivity contribution in [2.24, 2.45) is 22.6 Å². The predicted octanol–water partition coefficient (Wildman–Crippen LogP) is -5.85. The Hall–Kier alpha value is -0.720. The fourth-order valence-electron chi connectivity index (χ4n) is 0.116. The fourth-order valence-corrected chi connectivity index (χ4v) is 0.116. The summed E-state index contributed by atoms with van der Waals surface area (Å²) in [5.41, 5.74) is 4.18. The van der Waals surface area contributed by atoms with Crippen LogP contribution in [0.2, 0.25) is 0 Å². The second-order valence-electron chi connectivity index (χ2n) is 0.766. The SMILES string of the molecule is NN=C(NN)NN.[Cl-]. The number of halogens is 1. The summed E-state index contributed by atoms with van der Waals surface area (Å²) in [5.74, 6) is 14.4. The molecule has 50 valence electrons. The number of hydrazine groups is 2. The first-order valence-electron chi connectivity index (χ1n) is 1.56. The molecule has 0 aliphatic heterocycles. The van der Waals surface area contributed by atoms with E-state index < -0.39 is 0 Å². The molecular weight excluding hydrogens is 132 g/mol. The molecule has 0 aliphatic rings. The zero-order valence-corrected chi connectivity index (χ0v) is 4.81. The van der Waals surface area contributed by atoms with Crippen LogP contribution >= 0.6 is 0 Å². The average molecular weight is 140 g/mol. The van der Waals surface area contributed by atoms with Gasteiger partial charge in [-0.1, -0.05) is 0 Å². The normalized spacial score (nSPS) is 6.25. The molecule has 0 aliphatic carbocycles. The summed E-state index contributed by atoms with van der Waals surface area (Å²) < 4.78 is 0. The Labute approximate surface area is 52.8 Å². The molecule has 0 radical (unpaired) electrons. The summed E-state index contributed by atoms with van der Waals surface area (Å²) in [6.07, 6.45) is 0. The predicted molar refractivity (Wildman–Crippen MR) is 26.3 cm³/mol. The lowest BCUT2D eigenvalue weighted by Gasteiger charge is -1.97.